The molecule has 0 aromatic rings. The SMILES string of the molecule is [CH-]=CC(OPP)C(C)CC#CC.[Y]. The van der Waals surface area contributed by atoms with Gasteiger partial charge in [0.25, 0.3) is 0 Å². The summed E-state index contributed by atoms with van der Waals surface area (Å²) in [5, 5.41) is 0. The van der Waals surface area contributed by atoms with Crippen LogP contribution >= 0.6 is 17.4 Å². The zero-order valence-electron chi connectivity index (χ0n) is 8.08. The first-order valence-electron chi connectivity index (χ1n) is 3.82. The number of hydrogen-bond acceptors (Lipinski definition) is 1. The molecule has 0 aliphatic rings. The average Bonchev–Trinajstić information content (AvgIpc) is 2.10. The molecule has 0 spiro atoms. The molecule has 0 N–H and O–H groups in total. The molecule has 0 bridgehead atoms. The predicted octanol–water partition coefficient (Wildman–Crippen LogP) is 2.79. The number of hydrogen-bond donors (Lipinski definition) is 0. The molecular weight excluding hydrogens is 275 g/mol. The molecule has 4 atom stereocenters. The van der Waals surface area contributed by atoms with Crippen molar-refractivity contribution in [2.75, 3.05) is 0 Å². The zero-order valence-corrected chi connectivity index (χ0v) is 13.1. The van der Waals surface area contributed by atoms with E-state index in [-0.39, 0.29) is 38.8 Å². The van der Waals surface area contributed by atoms with Crippen LogP contribution in [0.4, 0.5) is 0 Å². The Hall–Kier alpha value is 1.22. The Morgan fingerprint density at radius 2 is 2.31 bits per heavy atom. The van der Waals surface area contributed by atoms with Crippen molar-refractivity contribution in [3.05, 3.63) is 12.7 Å². The molecule has 0 aliphatic heterocycles. The van der Waals surface area contributed by atoms with E-state index in [1.54, 1.807) is 6.08 Å². The average molecular weight is 290 g/mol. The van der Waals surface area contributed by atoms with Gasteiger partial charge in [-0.15, -0.1) is 11.8 Å². The van der Waals surface area contributed by atoms with Gasteiger partial charge in [-0.3, -0.25) is 0 Å². The largest absolute Gasteiger partial charge is 0.515 e. The summed E-state index contributed by atoms with van der Waals surface area (Å²) in [6, 6.07) is 0. The maximum atomic E-state index is 5.43. The Morgan fingerprint density at radius 3 is 2.69 bits per heavy atom. The number of rotatable bonds is 5. The summed E-state index contributed by atoms with van der Waals surface area (Å²) in [6.45, 7) is 9.35. The zero-order chi connectivity index (χ0) is 9.40. The van der Waals surface area contributed by atoms with Gasteiger partial charge in [0.15, 0.2) is 0 Å². The van der Waals surface area contributed by atoms with E-state index >= 15 is 0 Å². The van der Waals surface area contributed by atoms with Crippen LogP contribution < -0.4 is 0 Å². The fraction of sp³-hybridized carbons (Fsp3) is 0.556. The van der Waals surface area contributed by atoms with Crippen molar-refractivity contribution in [2.24, 2.45) is 5.92 Å². The molecule has 1 radical (unpaired) electrons. The standard InChI is InChI=1S/C9H15OP2.Y/c1-4-6-7-8(3)9(5-2)10-12-11;/h2,5,8-9,12H,7,11H2,1,3H3;/q-1;. The molecule has 13 heavy (non-hydrogen) atoms. The van der Waals surface area contributed by atoms with Gasteiger partial charge in [-0.05, 0) is 12.8 Å². The fourth-order valence-corrected chi connectivity index (χ4v) is 1.74. The van der Waals surface area contributed by atoms with Crippen molar-refractivity contribution >= 4 is 17.4 Å². The molecule has 0 fully saturated rings. The van der Waals surface area contributed by atoms with Crippen LogP contribution in [0.2, 0.25) is 0 Å². The first-order chi connectivity index (χ1) is 5.76. The first-order valence-corrected chi connectivity index (χ1v) is 6.54. The Balaban J connectivity index is 0. The summed E-state index contributed by atoms with van der Waals surface area (Å²) in [5.41, 5.74) is 0. The van der Waals surface area contributed by atoms with Gasteiger partial charge in [0.05, 0.1) is 6.10 Å². The van der Waals surface area contributed by atoms with Crippen molar-refractivity contribution < 1.29 is 37.2 Å². The molecular formula is C9H15OP2Y-. The molecule has 0 saturated heterocycles. The second kappa shape index (κ2) is 11.3. The van der Waals surface area contributed by atoms with E-state index in [4.69, 9.17) is 11.1 Å². The van der Waals surface area contributed by atoms with Gasteiger partial charge in [0.2, 0.25) is 0 Å². The van der Waals surface area contributed by atoms with Gasteiger partial charge < -0.3 is 11.1 Å². The van der Waals surface area contributed by atoms with Crippen LogP contribution in [0.3, 0.4) is 0 Å². The summed E-state index contributed by atoms with van der Waals surface area (Å²) >= 11 is 0. The smallest absolute Gasteiger partial charge is 0.0517 e. The third kappa shape index (κ3) is 8.23. The quantitative estimate of drug-likeness (QED) is 0.430. The first kappa shape index (κ1) is 16.6. The molecule has 0 aromatic carbocycles. The predicted molar refractivity (Wildman–Crippen MR) is 59.0 cm³/mol. The van der Waals surface area contributed by atoms with Crippen LogP contribution in [0, 0.1) is 24.3 Å². The summed E-state index contributed by atoms with van der Waals surface area (Å²) in [7, 11) is 2.94. The summed E-state index contributed by atoms with van der Waals surface area (Å²) < 4.78 is 5.39. The molecule has 0 heterocycles. The van der Waals surface area contributed by atoms with E-state index < -0.39 is 0 Å². The Kier molecular flexibility index (Phi) is 14.5. The van der Waals surface area contributed by atoms with Gasteiger partial charge in [0.1, 0.15) is 0 Å². The van der Waals surface area contributed by atoms with Crippen LogP contribution in [-0.2, 0) is 37.2 Å². The fourth-order valence-electron chi connectivity index (χ4n) is 0.803. The molecule has 71 valence electrons. The van der Waals surface area contributed by atoms with Crippen molar-refractivity contribution in [2.45, 2.75) is 26.4 Å². The van der Waals surface area contributed by atoms with Crippen LogP contribution in [-0.4, -0.2) is 6.10 Å². The monoisotopic (exact) mass is 290 g/mol. The van der Waals surface area contributed by atoms with Crippen LogP contribution in [0.15, 0.2) is 6.08 Å². The normalized spacial score (nSPS) is 14.1. The van der Waals surface area contributed by atoms with Crippen molar-refractivity contribution in [1.82, 2.24) is 0 Å². The Labute approximate surface area is 111 Å². The van der Waals surface area contributed by atoms with E-state index in [0.29, 0.717) is 14.4 Å². The summed E-state index contributed by atoms with van der Waals surface area (Å²) in [4.78, 5) is 0. The topological polar surface area (TPSA) is 9.23 Å². The van der Waals surface area contributed by atoms with Gasteiger partial charge in [0, 0.05) is 47.6 Å². The van der Waals surface area contributed by atoms with Crippen LogP contribution in [0.1, 0.15) is 20.3 Å². The van der Waals surface area contributed by atoms with Crippen molar-refractivity contribution in [3.8, 4) is 11.8 Å². The van der Waals surface area contributed by atoms with E-state index in [1.807, 2.05) is 6.92 Å². The second-order valence-corrected chi connectivity index (χ2v) is 3.68. The van der Waals surface area contributed by atoms with Crippen LogP contribution in [0.25, 0.3) is 0 Å². The van der Waals surface area contributed by atoms with Crippen LogP contribution in [0.5, 0.6) is 0 Å². The van der Waals surface area contributed by atoms with Gasteiger partial charge in [-0.2, -0.15) is 0 Å². The molecule has 0 saturated carbocycles. The molecule has 0 aromatic heterocycles. The third-order valence-electron chi connectivity index (χ3n) is 1.56. The Bertz CT molecular complexity index is 186. The van der Waals surface area contributed by atoms with Crippen molar-refractivity contribution in [1.29, 1.82) is 0 Å². The minimum absolute atomic E-state index is 0. The maximum Gasteiger partial charge on any atom is 0.0517 e. The second-order valence-electron chi connectivity index (χ2n) is 2.50. The Morgan fingerprint density at radius 1 is 1.69 bits per heavy atom. The summed E-state index contributed by atoms with van der Waals surface area (Å²) in [5.74, 6) is 6.24. The van der Waals surface area contributed by atoms with E-state index in [9.17, 15) is 0 Å². The van der Waals surface area contributed by atoms with E-state index in [2.05, 4.69) is 27.7 Å². The minimum atomic E-state index is 0. The molecule has 4 unspecified atom stereocenters. The van der Waals surface area contributed by atoms with Gasteiger partial charge in [-0.1, -0.05) is 15.9 Å². The third-order valence-corrected chi connectivity index (χ3v) is 2.37. The van der Waals surface area contributed by atoms with E-state index in [1.165, 1.54) is 0 Å². The minimum Gasteiger partial charge on any atom is -0.515 e. The molecule has 4 heteroatoms. The van der Waals surface area contributed by atoms with Gasteiger partial charge in [-0.25, -0.2) is 6.08 Å². The van der Waals surface area contributed by atoms with Gasteiger partial charge >= 0.3 is 0 Å². The molecule has 0 rings (SSSR count). The maximum absolute atomic E-state index is 5.43. The van der Waals surface area contributed by atoms with Crippen molar-refractivity contribution in [3.63, 3.8) is 0 Å². The molecule has 1 nitrogen and oxygen atoms in total. The summed E-state index contributed by atoms with van der Waals surface area (Å²) in [6.07, 6.45) is 2.46. The van der Waals surface area contributed by atoms with E-state index in [0.717, 1.165) is 6.42 Å². The molecule has 0 aliphatic carbocycles. The molecule has 0 amide bonds.